The fraction of sp³-hybridized carbons (Fsp3) is 0.706. The maximum Gasteiger partial charge on any atom is 1.00 e. The zero-order valence-electron chi connectivity index (χ0n) is 25.6. The monoisotopic (exact) mass is 566 g/mol. The Labute approximate surface area is 263 Å². The summed E-state index contributed by atoms with van der Waals surface area (Å²) in [4.78, 5) is -0.0398. The van der Waals surface area contributed by atoms with E-state index in [2.05, 4.69) is 26.0 Å². The molecule has 0 unspecified atom stereocenters. The third-order valence-corrected chi connectivity index (χ3v) is 8.82. The van der Waals surface area contributed by atoms with Crippen molar-refractivity contribution in [2.45, 2.75) is 160 Å². The summed E-state index contributed by atoms with van der Waals surface area (Å²) in [5.41, 5.74) is 2.10. The zero-order valence-corrected chi connectivity index (χ0v) is 28.4. The molecule has 2 rings (SSSR count). The quantitative estimate of drug-likeness (QED) is 0.0788. The predicted molar refractivity (Wildman–Crippen MR) is 163 cm³/mol. The van der Waals surface area contributed by atoms with E-state index < -0.39 is 10.1 Å². The molecule has 0 atom stereocenters. The van der Waals surface area contributed by atoms with Crippen LogP contribution in [0.3, 0.4) is 0 Å². The molecule has 0 heterocycles. The molecule has 0 saturated heterocycles. The van der Waals surface area contributed by atoms with E-state index in [0.29, 0.717) is 5.39 Å². The Kier molecular flexibility index (Phi) is 20.9. The first-order valence-corrected chi connectivity index (χ1v) is 17.4. The van der Waals surface area contributed by atoms with Gasteiger partial charge in [-0.2, -0.15) is 0 Å². The topological polar surface area (TPSA) is 57.2 Å². The first kappa shape index (κ1) is 36.6. The van der Waals surface area contributed by atoms with E-state index in [1.54, 1.807) is 6.07 Å². The van der Waals surface area contributed by atoms with E-state index in [1.807, 2.05) is 12.1 Å². The van der Waals surface area contributed by atoms with Crippen molar-refractivity contribution in [2.24, 2.45) is 0 Å². The van der Waals surface area contributed by atoms with Gasteiger partial charge in [0.15, 0.2) is 0 Å². The predicted octanol–water partition coefficient (Wildman–Crippen LogP) is 7.67. The molecule has 0 N–H and O–H groups in total. The maximum atomic E-state index is 12.1. The van der Waals surface area contributed by atoms with Crippen LogP contribution in [0.25, 0.3) is 10.8 Å². The Morgan fingerprint density at radius 3 is 1.38 bits per heavy atom. The zero-order chi connectivity index (χ0) is 27.5. The van der Waals surface area contributed by atoms with Gasteiger partial charge in [-0.1, -0.05) is 148 Å². The van der Waals surface area contributed by atoms with Crippen LogP contribution in [0.1, 0.15) is 153 Å². The van der Waals surface area contributed by atoms with Gasteiger partial charge in [-0.15, -0.1) is 0 Å². The average Bonchev–Trinajstić information content (AvgIpc) is 2.90. The van der Waals surface area contributed by atoms with Gasteiger partial charge in [0.2, 0.25) is 0 Å². The van der Waals surface area contributed by atoms with Crippen molar-refractivity contribution < 1.29 is 42.5 Å². The number of rotatable bonds is 23. The van der Waals surface area contributed by atoms with Gasteiger partial charge in [0.05, 0.1) is 4.90 Å². The summed E-state index contributed by atoms with van der Waals surface area (Å²) in [6.45, 7) is 4.51. The van der Waals surface area contributed by atoms with Gasteiger partial charge in [-0.3, -0.25) is 0 Å². The second-order valence-corrected chi connectivity index (χ2v) is 12.8. The molecule has 0 radical (unpaired) electrons. The van der Waals surface area contributed by atoms with Crippen LogP contribution in [0.4, 0.5) is 0 Å². The number of benzene rings is 2. The van der Waals surface area contributed by atoms with Gasteiger partial charge in [0.1, 0.15) is 10.1 Å². The summed E-state index contributed by atoms with van der Waals surface area (Å²) in [6, 6.07) is 9.79. The standard InChI is InChI=1S/C34H56O3S.Na/c1-3-5-7-9-11-13-15-17-19-21-23-30-25-26-32-27-31(29-34(33(32)28-30)38(35,36)37)24-22-20-18-16-14-12-10-8-6-4-2;/h25-29H,3-24H2,1-2H3,(H,35,36,37);/q;+1/p-1. The summed E-state index contributed by atoms with van der Waals surface area (Å²) >= 11 is 0. The molecular formula is C34H55NaO3S. The van der Waals surface area contributed by atoms with E-state index in [1.165, 1.54) is 109 Å². The van der Waals surface area contributed by atoms with Crippen LogP contribution >= 0.6 is 0 Å². The minimum absolute atomic E-state index is 0. The first-order valence-electron chi connectivity index (χ1n) is 16.0. The molecule has 0 spiro atoms. The van der Waals surface area contributed by atoms with Crippen LogP contribution in [-0.4, -0.2) is 13.0 Å². The molecule has 2 aromatic rings. The number of hydrogen-bond acceptors (Lipinski definition) is 3. The normalized spacial score (nSPS) is 11.7. The largest absolute Gasteiger partial charge is 1.00 e. The van der Waals surface area contributed by atoms with Crippen LogP contribution in [0.2, 0.25) is 0 Å². The van der Waals surface area contributed by atoms with E-state index >= 15 is 0 Å². The molecule has 0 aliphatic rings. The molecule has 5 heteroatoms. The minimum atomic E-state index is -4.52. The Morgan fingerprint density at radius 2 is 0.949 bits per heavy atom. The van der Waals surface area contributed by atoms with E-state index in [-0.39, 0.29) is 34.5 Å². The van der Waals surface area contributed by atoms with E-state index in [0.717, 1.165) is 48.6 Å². The van der Waals surface area contributed by atoms with Gasteiger partial charge in [0, 0.05) is 0 Å². The van der Waals surface area contributed by atoms with Crippen molar-refractivity contribution in [3.05, 3.63) is 41.5 Å². The molecule has 216 valence electrons. The number of unbranched alkanes of at least 4 members (excludes halogenated alkanes) is 18. The SMILES string of the molecule is CCCCCCCCCCCCc1cc(S(=O)(=O)[O-])c2cc(CCCCCCCCCCCC)ccc2c1.[Na+]. The van der Waals surface area contributed by atoms with Crippen LogP contribution in [-0.2, 0) is 23.0 Å². The van der Waals surface area contributed by atoms with Crippen molar-refractivity contribution >= 4 is 20.9 Å². The first-order chi connectivity index (χ1) is 18.5. The molecular weight excluding hydrogens is 511 g/mol. The van der Waals surface area contributed by atoms with Gasteiger partial charge >= 0.3 is 29.6 Å². The Morgan fingerprint density at radius 1 is 0.538 bits per heavy atom. The Balaban J connectivity index is 0.00000760. The molecule has 0 saturated carbocycles. The Bertz CT molecular complexity index is 1000. The van der Waals surface area contributed by atoms with Gasteiger partial charge in [0.25, 0.3) is 0 Å². The fourth-order valence-electron chi connectivity index (χ4n) is 5.57. The van der Waals surface area contributed by atoms with Gasteiger partial charge in [-0.25, -0.2) is 8.42 Å². The third-order valence-electron chi connectivity index (χ3n) is 7.95. The van der Waals surface area contributed by atoms with Crippen LogP contribution in [0.15, 0.2) is 35.2 Å². The van der Waals surface area contributed by atoms with Crippen molar-refractivity contribution in [1.82, 2.24) is 0 Å². The molecule has 0 aliphatic carbocycles. The smallest absolute Gasteiger partial charge is 0.744 e. The second-order valence-electron chi connectivity index (χ2n) is 11.5. The molecule has 39 heavy (non-hydrogen) atoms. The molecule has 0 fully saturated rings. The minimum Gasteiger partial charge on any atom is -0.744 e. The van der Waals surface area contributed by atoms with Crippen molar-refractivity contribution in [3.8, 4) is 0 Å². The fourth-order valence-corrected chi connectivity index (χ4v) is 6.31. The molecule has 2 aromatic carbocycles. The van der Waals surface area contributed by atoms with E-state index in [4.69, 9.17) is 0 Å². The maximum absolute atomic E-state index is 12.1. The van der Waals surface area contributed by atoms with E-state index in [9.17, 15) is 13.0 Å². The van der Waals surface area contributed by atoms with Crippen LogP contribution < -0.4 is 29.6 Å². The van der Waals surface area contributed by atoms with Gasteiger partial charge < -0.3 is 4.55 Å². The summed E-state index contributed by atoms with van der Waals surface area (Å²) in [5, 5.41) is 1.47. The molecule has 0 bridgehead atoms. The number of fused-ring (bicyclic) bond motifs is 1. The molecule has 0 aliphatic heterocycles. The summed E-state index contributed by atoms with van der Waals surface area (Å²) in [7, 11) is -4.52. The molecule has 3 nitrogen and oxygen atoms in total. The number of hydrogen-bond donors (Lipinski definition) is 0. The van der Waals surface area contributed by atoms with Crippen LogP contribution in [0, 0.1) is 0 Å². The summed E-state index contributed by atoms with van der Waals surface area (Å²) in [6.07, 6.45) is 27.5. The van der Waals surface area contributed by atoms with Crippen molar-refractivity contribution in [3.63, 3.8) is 0 Å². The second kappa shape index (κ2) is 22.2. The summed E-state index contributed by atoms with van der Waals surface area (Å²) < 4.78 is 36.4. The Hall–Kier alpha value is -0.390. The third kappa shape index (κ3) is 16.0. The molecule has 0 aromatic heterocycles. The van der Waals surface area contributed by atoms with Gasteiger partial charge in [-0.05, 0) is 59.7 Å². The van der Waals surface area contributed by atoms with Crippen molar-refractivity contribution in [1.29, 1.82) is 0 Å². The van der Waals surface area contributed by atoms with Crippen molar-refractivity contribution in [2.75, 3.05) is 0 Å². The molecule has 0 amide bonds. The van der Waals surface area contributed by atoms with Crippen LogP contribution in [0.5, 0.6) is 0 Å². The average molecular weight is 567 g/mol. The number of aryl methyl sites for hydroxylation is 2. The summed E-state index contributed by atoms with van der Waals surface area (Å²) in [5.74, 6) is 0.